The van der Waals surface area contributed by atoms with E-state index < -0.39 is 5.60 Å². The Balaban J connectivity index is 1.47. The van der Waals surface area contributed by atoms with E-state index in [1.807, 2.05) is 4.90 Å². The van der Waals surface area contributed by atoms with Crippen molar-refractivity contribution in [2.75, 3.05) is 26.2 Å². The monoisotopic (exact) mass is 364 g/mol. The van der Waals surface area contributed by atoms with Gasteiger partial charge >= 0.3 is 0 Å². The molecule has 1 atom stereocenters. The van der Waals surface area contributed by atoms with Gasteiger partial charge in [0.2, 0.25) is 0 Å². The molecule has 2 fully saturated rings. The molecule has 1 aromatic heterocycles. The molecule has 0 spiro atoms. The Bertz CT molecular complexity index is 568. The van der Waals surface area contributed by atoms with Crippen LogP contribution in [0.3, 0.4) is 0 Å². The van der Waals surface area contributed by atoms with E-state index in [9.17, 15) is 9.90 Å². The van der Waals surface area contributed by atoms with Gasteiger partial charge in [-0.3, -0.25) is 4.79 Å². The molecule has 2 N–H and O–H groups in total. The van der Waals surface area contributed by atoms with Crippen LogP contribution in [0.4, 0.5) is 0 Å². The number of carbonyl (C=O) groups excluding carboxylic acids is 1. The number of hydrogen-bond donors (Lipinski definition) is 2. The van der Waals surface area contributed by atoms with Gasteiger partial charge in [-0.05, 0) is 62.0 Å². The first-order valence-electron chi connectivity index (χ1n) is 9.84. The van der Waals surface area contributed by atoms with Crippen LogP contribution in [0.25, 0.3) is 0 Å². The zero-order valence-corrected chi connectivity index (χ0v) is 16.2. The van der Waals surface area contributed by atoms with E-state index in [1.165, 1.54) is 42.5 Å². The number of nitrogens with one attached hydrogen (secondary N) is 1. The second kappa shape index (κ2) is 8.65. The number of carbonyl (C=O) groups is 1. The Morgan fingerprint density at radius 1 is 1.32 bits per heavy atom. The molecule has 140 valence electrons. The maximum atomic E-state index is 12.8. The summed E-state index contributed by atoms with van der Waals surface area (Å²) in [5, 5.41) is 16.3. The van der Waals surface area contributed by atoms with E-state index in [0.717, 1.165) is 32.5 Å². The molecule has 1 aliphatic carbocycles. The Hall–Kier alpha value is -0.910. The number of rotatable bonds is 7. The maximum Gasteiger partial charge on any atom is 0.255 e. The molecule has 25 heavy (non-hydrogen) atoms. The molecule has 5 heteroatoms. The Kier molecular flexibility index (Phi) is 6.53. The van der Waals surface area contributed by atoms with Gasteiger partial charge in [-0.2, -0.15) is 0 Å². The minimum absolute atomic E-state index is 0.0517. The fourth-order valence-corrected chi connectivity index (χ4v) is 5.15. The summed E-state index contributed by atoms with van der Waals surface area (Å²) < 4.78 is 0. The fourth-order valence-electron chi connectivity index (χ4n) is 4.24. The van der Waals surface area contributed by atoms with Gasteiger partial charge in [-0.25, -0.2) is 0 Å². The molecule has 0 aromatic carbocycles. The second-order valence-corrected chi connectivity index (χ2v) is 8.84. The number of piperidine rings is 1. The van der Waals surface area contributed by atoms with Crippen LogP contribution < -0.4 is 5.32 Å². The van der Waals surface area contributed by atoms with Gasteiger partial charge in [-0.1, -0.05) is 19.3 Å². The number of aryl methyl sites for hydroxylation is 1. The van der Waals surface area contributed by atoms with Crippen LogP contribution in [0.5, 0.6) is 0 Å². The van der Waals surface area contributed by atoms with Crippen molar-refractivity contribution in [2.45, 2.75) is 63.9 Å². The van der Waals surface area contributed by atoms with Crippen molar-refractivity contribution >= 4 is 17.2 Å². The normalized spacial score (nSPS) is 25.5. The average Bonchev–Trinajstić information content (AvgIpc) is 3.02. The molecule has 1 amide bonds. The van der Waals surface area contributed by atoms with Gasteiger partial charge in [0, 0.05) is 31.1 Å². The van der Waals surface area contributed by atoms with Crippen LogP contribution in [0.15, 0.2) is 11.4 Å². The largest absolute Gasteiger partial charge is 0.379 e. The molecule has 1 aliphatic heterocycles. The van der Waals surface area contributed by atoms with Gasteiger partial charge < -0.3 is 15.3 Å². The summed E-state index contributed by atoms with van der Waals surface area (Å²) >= 11 is 1.78. The number of aliphatic hydroxyl groups is 1. The summed E-state index contributed by atoms with van der Waals surface area (Å²) in [5.41, 5.74) is 0.120. The van der Waals surface area contributed by atoms with E-state index in [1.54, 1.807) is 11.3 Å². The summed E-state index contributed by atoms with van der Waals surface area (Å²) in [6.45, 7) is 4.96. The van der Waals surface area contributed by atoms with Gasteiger partial charge in [0.05, 0.1) is 0 Å². The summed E-state index contributed by atoms with van der Waals surface area (Å²) in [7, 11) is 0. The Morgan fingerprint density at radius 2 is 2.12 bits per heavy atom. The zero-order chi connectivity index (χ0) is 17.7. The number of likely N-dealkylation sites (tertiary alicyclic amines) is 1. The minimum Gasteiger partial charge on any atom is -0.379 e. The highest BCUT2D eigenvalue weighted by Gasteiger charge is 2.42. The third-order valence-electron chi connectivity index (χ3n) is 5.82. The number of thiophene rings is 1. The molecule has 1 aromatic rings. The molecule has 1 saturated heterocycles. The van der Waals surface area contributed by atoms with Crippen LogP contribution in [-0.2, 0) is 11.2 Å². The van der Waals surface area contributed by atoms with Gasteiger partial charge in [0.15, 0.2) is 5.60 Å². The lowest BCUT2D eigenvalue weighted by atomic mass is 9.86. The molecule has 1 unspecified atom stereocenters. The van der Waals surface area contributed by atoms with E-state index >= 15 is 0 Å². The smallest absolute Gasteiger partial charge is 0.255 e. The summed E-state index contributed by atoms with van der Waals surface area (Å²) in [4.78, 5) is 16.2. The molecule has 4 nitrogen and oxygen atoms in total. The lowest BCUT2D eigenvalue weighted by Gasteiger charge is -2.40. The number of nitrogens with zero attached hydrogens (tertiary/aromatic N) is 1. The van der Waals surface area contributed by atoms with Crippen molar-refractivity contribution in [1.82, 2.24) is 10.2 Å². The van der Waals surface area contributed by atoms with Crippen molar-refractivity contribution in [2.24, 2.45) is 5.92 Å². The first kappa shape index (κ1) is 18.9. The predicted molar refractivity (Wildman–Crippen MR) is 103 cm³/mol. The Morgan fingerprint density at radius 3 is 2.84 bits per heavy atom. The van der Waals surface area contributed by atoms with Crippen LogP contribution >= 0.6 is 11.3 Å². The van der Waals surface area contributed by atoms with Crippen molar-refractivity contribution in [3.05, 3.63) is 21.9 Å². The molecule has 2 aliphatic rings. The third kappa shape index (κ3) is 4.83. The van der Waals surface area contributed by atoms with Crippen molar-refractivity contribution < 1.29 is 9.90 Å². The van der Waals surface area contributed by atoms with Gasteiger partial charge in [0.25, 0.3) is 5.91 Å². The van der Waals surface area contributed by atoms with Crippen LogP contribution in [0, 0.1) is 12.8 Å². The standard InChI is InChI=1S/C20H32N2O2S/c1-16-9-13-25-18(16)8-11-21-15-20(24)10-5-12-22(19(20)23)14-17-6-3-2-4-7-17/h9,13,17,21,24H,2-8,10-12,14-15H2,1H3. The number of hydrogen-bond acceptors (Lipinski definition) is 4. The quantitative estimate of drug-likeness (QED) is 0.731. The zero-order valence-electron chi connectivity index (χ0n) is 15.4. The van der Waals surface area contributed by atoms with Crippen molar-refractivity contribution in [3.8, 4) is 0 Å². The van der Waals surface area contributed by atoms with E-state index in [-0.39, 0.29) is 5.91 Å². The van der Waals surface area contributed by atoms with E-state index in [4.69, 9.17) is 0 Å². The van der Waals surface area contributed by atoms with E-state index in [2.05, 4.69) is 23.7 Å². The fraction of sp³-hybridized carbons (Fsp3) is 0.750. The molecular weight excluding hydrogens is 332 g/mol. The lowest BCUT2D eigenvalue weighted by Crippen LogP contribution is -2.58. The first-order valence-corrected chi connectivity index (χ1v) is 10.7. The summed E-state index contributed by atoms with van der Waals surface area (Å²) in [6.07, 6.45) is 8.84. The molecule has 0 radical (unpaired) electrons. The van der Waals surface area contributed by atoms with Crippen molar-refractivity contribution in [3.63, 3.8) is 0 Å². The topological polar surface area (TPSA) is 52.6 Å². The second-order valence-electron chi connectivity index (χ2n) is 7.84. The predicted octanol–water partition coefficient (Wildman–Crippen LogP) is 3.12. The third-order valence-corrected chi connectivity index (χ3v) is 6.90. The highest BCUT2D eigenvalue weighted by atomic mass is 32.1. The molecule has 1 saturated carbocycles. The highest BCUT2D eigenvalue weighted by molar-refractivity contribution is 7.10. The molecular formula is C20H32N2O2S. The summed E-state index contributed by atoms with van der Waals surface area (Å²) in [6, 6.07) is 2.14. The Labute approximate surface area is 155 Å². The molecule has 0 bridgehead atoms. The SMILES string of the molecule is Cc1ccsc1CCNCC1(O)CCCN(CC2CCCCC2)C1=O. The van der Waals surface area contributed by atoms with Gasteiger partial charge in [-0.15, -0.1) is 11.3 Å². The highest BCUT2D eigenvalue weighted by Crippen LogP contribution is 2.28. The van der Waals surface area contributed by atoms with Gasteiger partial charge in [0.1, 0.15) is 0 Å². The number of amides is 1. The maximum absolute atomic E-state index is 12.8. The minimum atomic E-state index is -1.21. The molecule has 2 heterocycles. The van der Waals surface area contributed by atoms with Crippen LogP contribution in [0.1, 0.15) is 55.4 Å². The average molecular weight is 365 g/mol. The lowest BCUT2D eigenvalue weighted by molar-refractivity contribution is -0.157. The van der Waals surface area contributed by atoms with Crippen LogP contribution in [0.2, 0.25) is 0 Å². The van der Waals surface area contributed by atoms with Crippen molar-refractivity contribution in [1.29, 1.82) is 0 Å². The first-order chi connectivity index (χ1) is 12.1. The molecule has 3 rings (SSSR count). The summed E-state index contributed by atoms with van der Waals surface area (Å²) in [5.74, 6) is 0.582. The van der Waals surface area contributed by atoms with Crippen LogP contribution in [-0.4, -0.2) is 47.7 Å². The van der Waals surface area contributed by atoms with E-state index in [0.29, 0.717) is 18.9 Å².